The van der Waals surface area contributed by atoms with Gasteiger partial charge in [0.25, 0.3) is 5.91 Å². The number of para-hydroxylation sites is 1. The zero-order chi connectivity index (χ0) is 23.6. The molecule has 1 aromatic rings. The molecule has 33 heavy (non-hydrogen) atoms. The van der Waals surface area contributed by atoms with E-state index in [1.807, 2.05) is 12.1 Å². The van der Waals surface area contributed by atoms with Crippen molar-refractivity contribution in [2.24, 2.45) is 5.92 Å². The molecule has 0 spiro atoms. The number of benzene rings is 1. The molecule has 180 valence electrons. The molecule has 2 aliphatic heterocycles. The van der Waals surface area contributed by atoms with E-state index in [1.54, 1.807) is 33.2 Å². The van der Waals surface area contributed by atoms with Gasteiger partial charge in [-0.2, -0.15) is 0 Å². The van der Waals surface area contributed by atoms with Gasteiger partial charge in [0.15, 0.2) is 5.78 Å². The molecule has 2 heterocycles. The highest BCUT2D eigenvalue weighted by Crippen LogP contribution is 2.42. The van der Waals surface area contributed by atoms with Crippen LogP contribution in [-0.4, -0.2) is 60.3 Å². The van der Waals surface area contributed by atoms with Gasteiger partial charge in [-0.25, -0.2) is 4.79 Å². The molecule has 3 fully saturated rings. The lowest BCUT2D eigenvalue weighted by molar-refractivity contribution is -0.137. The van der Waals surface area contributed by atoms with E-state index in [9.17, 15) is 14.4 Å². The highest BCUT2D eigenvalue weighted by molar-refractivity contribution is 6.10. The van der Waals surface area contributed by atoms with Crippen molar-refractivity contribution in [1.29, 1.82) is 0 Å². The first-order valence-corrected chi connectivity index (χ1v) is 12.4. The predicted molar refractivity (Wildman–Crippen MR) is 126 cm³/mol. The summed E-state index contributed by atoms with van der Waals surface area (Å²) in [6.07, 6.45) is 9.76. The SMILES string of the molecule is COc1ccccc1C1(C)C(=O)N(CC(=O)C2(C3CCCCCCC3)CCCN2)C(=O)N1C. The van der Waals surface area contributed by atoms with Crippen molar-refractivity contribution in [2.45, 2.75) is 75.8 Å². The maximum absolute atomic E-state index is 13.8. The molecule has 1 aliphatic carbocycles. The molecule has 1 aromatic carbocycles. The van der Waals surface area contributed by atoms with Crippen molar-refractivity contribution in [3.8, 4) is 5.75 Å². The molecule has 0 bridgehead atoms. The topological polar surface area (TPSA) is 79.0 Å². The van der Waals surface area contributed by atoms with Crippen LogP contribution in [0.1, 0.15) is 70.3 Å². The molecule has 2 atom stereocenters. The van der Waals surface area contributed by atoms with Crippen molar-refractivity contribution in [2.75, 3.05) is 27.2 Å². The molecule has 3 amide bonds. The number of carbonyl (C=O) groups is 3. The third-order valence-corrected chi connectivity index (χ3v) is 8.27. The molecule has 2 unspecified atom stereocenters. The van der Waals surface area contributed by atoms with Crippen molar-refractivity contribution < 1.29 is 19.1 Å². The summed E-state index contributed by atoms with van der Waals surface area (Å²) < 4.78 is 5.48. The van der Waals surface area contributed by atoms with Crippen LogP contribution in [0.15, 0.2) is 24.3 Å². The van der Waals surface area contributed by atoms with Crippen molar-refractivity contribution in [3.63, 3.8) is 0 Å². The van der Waals surface area contributed by atoms with Gasteiger partial charge in [0.2, 0.25) is 0 Å². The lowest BCUT2D eigenvalue weighted by Crippen LogP contribution is -2.57. The summed E-state index contributed by atoms with van der Waals surface area (Å²) in [7, 11) is 3.17. The molecular weight excluding hydrogens is 418 g/mol. The fourth-order valence-corrected chi connectivity index (χ4v) is 6.16. The van der Waals surface area contributed by atoms with Crippen LogP contribution >= 0.6 is 0 Å². The molecule has 7 heteroatoms. The number of amides is 3. The molecule has 4 rings (SSSR count). The van der Waals surface area contributed by atoms with Crippen molar-refractivity contribution in [1.82, 2.24) is 15.1 Å². The number of carbonyl (C=O) groups excluding carboxylic acids is 3. The standard InChI is InChI=1S/C26H37N3O4/c1-25(20-14-9-10-15-21(20)33-3)23(31)29(24(32)28(25)2)18-22(30)26(16-11-17-27-26)19-12-7-5-4-6-8-13-19/h9-10,14-15,19,27H,4-8,11-13,16-18H2,1-3H3. The first-order valence-electron chi connectivity index (χ1n) is 12.4. The number of hydrogen-bond acceptors (Lipinski definition) is 5. The lowest BCUT2D eigenvalue weighted by Gasteiger charge is -2.38. The van der Waals surface area contributed by atoms with E-state index in [1.165, 1.54) is 24.2 Å². The van der Waals surface area contributed by atoms with Crippen molar-refractivity contribution in [3.05, 3.63) is 29.8 Å². The number of rotatable bonds is 6. The van der Waals surface area contributed by atoms with E-state index in [2.05, 4.69) is 5.32 Å². The molecule has 0 aromatic heterocycles. The first-order chi connectivity index (χ1) is 15.9. The number of methoxy groups -OCH3 is 1. The average molecular weight is 456 g/mol. The number of hydrogen-bond donors (Lipinski definition) is 1. The fourth-order valence-electron chi connectivity index (χ4n) is 6.16. The summed E-state index contributed by atoms with van der Waals surface area (Å²) in [6, 6.07) is 6.81. The fraction of sp³-hybridized carbons (Fsp3) is 0.654. The summed E-state index contributed by atoms with van der Waals surface area (Å²) in [5, 5.41) is 3.54. The minimum Gasteiger partial charge on any atom is -0.496 e. The highest BCUT2D eigenvalue weighted by Gasteiger charge is 2.57. The van der Waals surface area contributed by atoms with Gasteiger partial charge in [-0.05, 0) is 51.1 Å². The average Bonchev–Trinajstić information content (AvgIpc) is 3.36. The van der Waals surface area contributed by atoms with Crippen LogP contribution in [0, 0.1) is 5.92 Å². The number of likely N-dealkylation sites (N-methyl/N-ethyl adjacent to an activating group) is 1. The van der Waals surface area contributed by atoms with E-state index in [0.29, 0.717) is 11.3 Å². The number of ketones is 1. The summed E-state index contributed by atoms with van der Waals surface area (Å²) in [5.74, 6) is 0.409. The second kappa shape index (κ2) is 9.45. The van der Waals surface area contributed by atoms with Crippen LogP contribution in [0.5, 0.6) is 5.75 Å². The Balaban J connectivity index is 1.60. The zero-order valence-corrected chi connectivity index (χ0v) is 20.2. The number of nitrogens with zero attached hydrogens (tertiary/aromatic N) is 2. The van der Waals surface area contributed by atoms with E-state index in [-0.39, 0.29) is 24.2 Å². The number of urea groups is 1. The van der Waals surface area contributed by atoms with Gasteiger partial charge in [-0.3, -0.25) is 14.5 Å². The van der Waals surface area contributed by atoms with Crippen LogP contribution < -0.4 is 10.1 Å². The second-order valence-corrected chi connectivity index (χ2v) is 9.97. The predicted octanol–water partition coefficient (Wildman–Crippen LogP) is 3.86. The highest BCUT2D eigenvalue weighted by atomic mass is 16.5. The van der Waals surface area contributed by atoms with Crippen LogP contribution in [0.3, 0.4) is 0 Å². The normalized spacial score (nSPS) is 29.3. The minimum absolute atomic E-state index is 0.0232. The Morgan fingerprint density at radius 3 is 2.39 bits per heavy atom. The smallest absolute Gasteiger partial charge is 0.328 e. The van der Waals surface area contributed by atoms with E-state index in [4.69, 9.17) is 4.74 Å². The minimum atomic E-state index is -1.22. The maximum Gasteiger partial charge on any atom is 0.328 e. The summed E-state index contributed by atoms with van der Waals surface area (Å²) in [5.41, 5.74) is -1.22. The zero-order valence-electron chi connectivity index (χ0n) is 20.2. The summed E-state index contributed by atoms with van der Waals surface area (Å²) >= 11 is 0. The third-order valence-electron chi connectivity index (χ3n) is 8.27. The van der Waals surface area contributed by atoms with Gasteiger partial charge in [-0.15, -0.1) is 0 Å². The van der Waals surface area contributed by atoms with E-state index in [0.717, 1.165) is 50.0 Å². The summed E-state index contributed by atoms with van der Waals surface area (Å²) in [4.78, 5) is 43.4. The monoisotopic (exact) mass is 455 g/mol. The molecule has 2 saturated heterocycles. The molecule has 1 saturated carbocycles. The molecule has 0 radical (unpaired) electrons. The number of nitrogens with one attached hydrogen (secondary N) is 1. The van der Waals surface area contributed by atoms with Gasteiger partial charge in [-0.1, -0.05) is 50.3 Å². The number of Topliss-reactive ketones (excluding diaryl/α,β-unsaturated/α-hetero) is 1. The first kappa shape index (κ1) is 23.7. The lowest BCUT2D eigenvalue weighted by atomic mass is 9.72. The van der Waals surface area contributed by atoms with Gasteiger partial charge in [0.05, 0.1) is 19.2 Å². The Bertz CT molecular complexity index is 903. The van der Waals surface area contributed by atoms with Crippen molar-refractivity contribution >= 4 is 17.7 Å². The quantitative estimate of drug-likeness (QED) is 0.659. The number of ether oxygens (including phenoxy) is 1. The van der Waals surface area contributed by atoms with E-state index < -0.39 is 17.1 Å². The van der Waals surface area contributed by atoms with Gasteiger partial charge < -0.3 is 15.0 Å². The van der Waals surface area contributed by atoms with E-state index >= 15 is 0 Å². The molecule has 1 N–H and O–H groups in total. The van der Waals surface area contributed by atoms with Crippen LogP contribution in [0.25, 0.3) is 0 Å². The Labute approximate surface area is 196 Å². The molecule has 7 nitrogen and oxygen atoms in total. The Morgan fingerprint density at radius 2 is 1.76 bits per heavy atom. The Kier molecular flexibility index (Phi) is 6.80. The molecule has 3 aliphatic rings. The second-order valence-electron chi connectivity index (χ2n) is 9.97. The third kappa shape index (κ3) is 3.94. The largest absolute Gasteiger partial charge is 0.496 e. The van der Waals surface area contributed by atoms with Crippen LogP contribution in [-0.2, 0) is 15.1 Å². The van der Waals surface area contributed by atoms with Gasteiger partial charge >= 0.3 is 6.03 Å². The van der Waals surface area contributed by atoms with Gasteiger partial charge in [0, 0.05) is 12.6 Å². The Hall–Kier alpha value is -2.41. The van der Waals surface area contributed by atoms with Gasteiger partial charge in [0.1, 0.15) is 11.3 Å². The summed E-state index contributed by atoms with van der Waals surface area (Å²) in [6.45, 7) is 2.35. The maximum atomic E-state index is 13.8. The number of imide groups is 1. The van der Waals surface area contributed by atoms with Crippen LogP contribution in [0.2, 0.25) is 0 Å². The van der Waals surface area contributed by atoms with Crippen LogP contribution in [0.4, 0.5) is 4.79 Å². The molecular formula is C26H37N3O4. The Morgan fingerprint density at radius 1 is 1.09 bits per heavy atom.